The lowest BCUT2D eigenvalue weighted by atomic mass is 10.0. The third-order valence-corrected chi connectivity index (χ3v) is 7.88. The Bertz CT molecular complexity index is 1820. The van der Waals surface area contributed by atoms with Crippen LogP contribution in [0, 0.1) is 0 Å². The predicted octanol–water partition coefficient (Wildman–Crippen LogP) is 3.82. The van der Waals surface area contributed by atoms with E-state index in [1.54, 1.807) is 6.92 Å². The number of alkyl halides is 3. The van der Waals surface area contributed by atoms with Gasteiger partial charge in [-0.05, 0) is 36.8 Å². The number of rotatable bonds is 11. The van der Waals surface area contributed by atoms with Crippen LogP contribution in [0.15, 0.2) is 59.8 Å². The van der Waals surface area contributed by atoms with Crippen molar-refractivity contribution in [3.63, 3.8) is 0 Å². The molecule has 4 aromatic rings. The maximum absolute atomic E-state index is 13.5. The number of nitrogens with one attached hydrogen (secondary N) is 2. The molecule has 17 heteroatoms. The van der Waals surface area contributed by atoms with E-state index in [-0.39, 0.29) is 45.6 Å². The number of hydrogen-bond donors (Lipinski definition) is 2. The molecule has 3 aromatic heterocycles. The highest BCUT2D eigenvalue weighted by atomic mass is 35.5. The van der Waals surface area contributed by atoms with E-state index in [1.165, 1.54) is 60.5 Å². The molecule has 0 bridgehead atoms. The number of ether oxygens (including phenoxy) is 2. The molecular weight excluding hydrogens is 657 g/mol. The highest BCUT2D eigenvalue weighted by molar-refractivity contribution is 6.31. The second-order valence-corrected chi connectivity index (χ2v) is 11.2. The largest absolute Gasteiger partial charge is 0.495 e. The molecule has 254 valence electrons. The first-order valence-corrected chi connectivity index (χ1v) is 15.3. The lowest BCUT2D eigenvalue weighted by Gasteiger charge is -2.26. The van der Waals surface area contributed by atoms with Crippen LogP contribution in [0.2, 0.25) is 5.02 Å². The first kappa shape index (κ1) is 34.5. The SMILES string of the molecule is CC[C@@H](C(=O)Nc1ccc(C(=O)NCCN2CCOCC2)nc1)n1cc(OC)c(-c2cc(Cl)ccc2-n2cc(C(F)(F)F)nn2)cc1=O. The van der Waals surface area contributed by atoms with Crippen LogP contribution in [-0.4, -0.2) is 87.8 Å². The van der Waals surface area contributed by atoms with Gasteiger partial charge in [-0.25, -0.2) is 9.67 Å². The molecule has 1 aromatic carbocycles. The van der Waals surface area contributed by atoms with Crippen LogP contribution in [0.3, 0.4) is 0 Å². The minimum absolute atomic E-state index is 0.145. The van der Waals surface area contributed by atoms with Crippen LogP contribution in [-0.2, 0) is 15.7 Å². The smallest absolute Gasteiger partial charge is 0.436 e. The second kappa shape index (κ2) is 15.0. The Kier molecular flexibility index (Phi) is 10.8. The molecule has 1 fully saturated rings. The zero-order valence-electron chi connectivity index (χ0n) is 26.0. The van der Waals surface area contributed by atoms with Gasteiger partial charge >= 0.3 is 6.18 Å². The minimum Gasteiger partial charge on any atom is -0.495 e. The summed E-state index contributed by atoms with van der Waals surface area (Å²) in [4.78, 5) is 45.7. The first-order chi connectivity index (χ1) is 23.0. The summed E-state index contributed by atoms with van der Waals surface area (Å²) in [6.45, 7) is 5.82. The van der Waals surface area contributed by atoms with E-state index in [0.717, 1.165) is 24.0 Å². The standard InChI is InChI=1S/C31H32ClF3N8O5/c1-3-24(30(46)38-20-5-6-23(37-16-20)29(45)36-8-9-41-10-12-48-13-11-41)42-17-26(47-2)22(15-28(42)44)21-14-19(32)4-7-25(21)43-18-27(39-40-43)31(33,34)35/h4-7,14-18,24H,3,8-13H2,1-2H3,(H,36,45)(H,38,46)/t24-/m0/s1. The van der Waals surface area contributed by atoms with Crippen LogP contribution < -0.4 is 20.9 Å². The third-order valence-electron chi connectivity index (χ3n) is 7.65. The topological polar surface area (TPSA) is 146 Å². The van der Waals surface area contributed by atoms with Gasteiger partial charge in [-0.3, -0.25) is 23.9 Å². The summed E-state index contributed by atoms with van der Waals surface area (Å²) >= 11 is 6.23. The number of benzene rings is 1. The molecule has 0 saturated carbocycles. The summed E-state index contributed by atoms with van der Waals surface area (Å²) in [5.41, 5.74) is -0.682. The summed E-state index contributed by atoms with van der Waals surface area (Å²) in [6.07, 6.45) is -1.08. The molecule has 0 spiro atoms. The molecule has 1 aliphatic rings. The molecule has 1 saturated heterocycles. The summed E-state index contributed by atoms with van der Waals surface area (Å²) in [7, 11) is 1.35. The Morgan fingerprint density at radius 1 is 1.10 bits per heavy atom. The Balaban J connectivity index is 1.33. The van der Waals surface area contributed by atoms with Gasteiger partial charge in [0.2, 0.25) is 5.91 Å². The van der Waals surface area contributed by atoms with Gasteiger partial charge in [0.15, 0.2) is 5.69 Å². The van der Waals surface area contributed by atoms with E-state index in [4.69, 9.17) is 21.1 Å². The Hall–Kier alpha value is -4.80. The number of amides is 2. The van der Waals surface area contributed by atoms with Gasteiger partial charge in [-0.2, -0.15) is 13.2 Å². The van der Waals surface area contributed by atoms with E-state index in [0.29, 0.717) is 32.0 Å². The molecule has 0 aliphatic carbocycles. The predicted molar refractivity (Wildman–Crippen MR) is 169 cm³/mol. The number of morpholine rings is 1. The van der Waals surface area contributed by atoms with Crippen LogP contribution in [0.4, 0.5) is 18.9 Å². The Morgan fingerprint density at radius 3 is 2.52 bits per heavy atom. The molecule has 1 atom stereocenters. The quantitative estimate of drug-likeness (QED) is 0.240. The van der Waals surface area contributed by atoms with Crippen molar-refractivity contribution in [2.75, 3.05) is 51.8 Å². The first-order valence-electron chi connectivity index (χ1n) is 14.9. The fraction of sp³-hybridized carbons (Fsp3) is 0.355. The number of carbonyl (C=O) groups excluding carboxylic acids is 2. The van der Waals surface area contributed by atoms with Gasteiger partial charge in [-0.15, -0.1) is 5.10 Å². The lowest BCUT2D eigenvalue weighted by Crippen LogP contribution is -2.41. The molecular formula is C31H32ClF3N8O5. The average Bonchev–Trinajstić information content (AvgIpc) is 3.58. The Morgan fingerprint density at radius 2 is 1.88 bits per heavy atom. The van der Waals surface area contributed by atoms with Crippen molar-refractivity contribution >= 4 is 29.1 Å². The van der Waals surface area contributed by atoms with Crippen molar-refractivity contribution in [2.24, 2.45) is 0 Å². The molecule has 5 rings (SSSR count). The molecule has 1 aliphatic heterocycles. The number of methoxy groups -OCH3 is 1. The van der Waals surface area contributed by atoms with Crippen molar-refractivity contribution in [1.82, 2.24) is 34.8 Å². The summed E-state index contributed by atoms with van der Waals surface area (Å²) in [5.74, 6) is -0.727. The average molecular weight is 689 g/mol. The van der Waals surface area contributed by atoms with Crippen molar-refractivity contribution in [2.45, 2.75) is 25.6 Å². The van der Waals surface area contributed by atoms with Crippen LogP contribution >= 0.6 is 11.6 Å². The number of halogens is 4. The normalized spacial score (nSPS) is 14.4. The molecule has 4 heterocycles. The highest BCUT2D eigenvalue weighted by Gasteiger charge is 2.35. The van der Waals surface area contributed by atoms with E-state index >= 15 is 0 Å². The van der Waals surface area contributed by atoms with Gasteiger partial charge < -0.3 is 20.1 Å². The van der Waals surface area contributed by atoms with Gasteiger partial charge in [-0.1, -0.05) is 23.7 Å². The summed E-state index contributed by atoms with van der Waals surface area (Å²) in [5, 5.41) is 12.6. The molecule has 13 nitrogen and oxygen atoms in total. The number of pyridine rings is 2. The molecule has 48 heavy (non-hydrogen) atoms. The van der Waals surface area contributed by atoms with Gasteiger partial charge in [0.1, 0.15) is 17.5 Å². The Labute approximate surface area is 277 Å². The van der Waals surface area contributed by atoms with E-state index in [9.17, 15) is 27.6 Å². The monoisotopic (exact) mass is 688 g/mol. The van der Waals surface area contributed by atoms with Crippen LogP contribution in [0.5, 0.6) is 5.75 Å². The number of nitrogens with zero attached hydrogens (tertiary/aromatic N) is 6. The summed E-state index contributed by atoms with van der Waals surface area (Å²) in [6, 6.07) is 7.61. The van der Waals surface area contributed by atoms with E-state index < -0.39 is 29.4 Å². The fourth-order valence-electron chi connectivity index (χ4n) is 5.16. The third kappa shape index (κ3) is 8.00. The molecule has 2 N–H and O–H groups in total. The molecule has 0 radical (unpaired) electrons. The van der Waals surface area contributed by atoms with Gasteiger partial charge in [0.25, 0.3) is 11.5 Å². The maximum Gasteiger partial charge on any atom is 0.436 e. The van der Waals surface area contributed by atoms with Crippen molar-refractivity contribution in [1.29, 1.82) is 0 Å². The maximum atomic E-state index is 13.5. The lowest BCUT2D eigenvalue weighted by molar-refractivity contribution is -0.141. The van der Waals surface area contributed by atoms with Crippen molar-refractivity contribution in [3.8, 4) is 22.6 Å². The van der Waals surface area contributed by atoms with Gasteiger partial charge in [0, 0.05) is 48.4 Å². The zero-order chi connectivity index (χ0) is 34.4. The number of aromatic nitrogens is 5. The second-order valence-electron chi connectivity index (χ2n) is 10.8. The highest BCUT2D eigenvalue weighted by Crippen LogP contribution is 2.36. The van der Waals surface area contributed by atoms with E-state index in [2.05, 4.69) is 30.8 Å². The van der Waals surface area contributed by atoms with Crippen LogP contribution in [0.25, 0.3) is 16.8 Å². The molecule has 2 amide bonds. The number of hydrogen-bond acceptors (Lipinski definition) is 9. The number of carbonyl (C=O) groups is 2. The minimum atomic E-state index is -4.71. The van der Waals surface area contributed by atoms with Crippen molar-refractivity contribution in [3.05, 3.63) is 81.8 Å². The van der Waals surface area contributed by atoms with E-state index in [1.807, 2.05) is 0 Å². The zero-order valence-corrected chi connectivity index (χ0v) is 26.7. The molecule has 0 unspecified atom stereocenters. The van der Waals surface area contributed by atoms with Gasteiger partial charge in [0.05, 0.1) is 50.3 Å². The van der Waals surface area contributed by atoms with Crippen molar-refractivity contribution < 1.29 is 32.2 Å². The number of anilines is 1. The van der Waals surface area contributed by atoms with Crippen LogP contribution in [0.1, 0.15) is 35.6 Å². The summed E-state index contributed by atoms with van der Waals surface area (Å²) < 4.78 is 52.7. The fourth-order valence-corrected chi connectivity index (χ4v) is 5.33.